The molecule has 7 heteroatoms. The zero-order chi connectivity index (χ0) is 19.1. The molecule has 2 bridgehead atoms. The Hall–Kier alpha value is -2.77. The Balaban J connectivity index is 1.31. The molecule has 0 spiro atoms. The van der Waals surface area contributed by atoms with Crippen LogP contribution in [0.5, 0.6) is 0 Å². The van der Waals surface area contributed by atoms with E-state index in [1.165, 1.54) is 17.8 Å². The van der Waals surface area contributed by atoms with Crippen LogP contribution in [-0.4, -0.2) is 34.9 Å². The van der Waals surface area contributed by atoms with Gasteiger partial charge >= 0.3 is 0 Å². The fourth-order valence-electron chi connectivity index (χ4n) is 4.12. The monoisotopic (exact) mass is 392 g/mol. The van der Waals surface area contributed by atoms with Crippen LogP contribution in [0, 0.1) is 0 Å². The number of aromatic nitrogens is 1. The number of hydrogen-bond donors (Lipinski definition) is 3. The lowest BCUT2D eigenvalue weighted by Crippen LogP contribution is -2.43. The van der Waals surface area contributed by atoms with Gasteiger partial charge in [-0.05, 0) is 43.5 Å². The molecule has 0 saturated carbocycles. The molecule has 2 saturated heterocycles. The summed E-state index contributed by atoms with van der Waals surface area (Å²) in [6.45, 7) is 0. The van der Waals surface area contributed by atoms with Gasteiger partial charge in [-0.2, -0.15) is 0 Å². The van der Waals surface area contributed by atoms with Gasteiger partial charge in [-0.1, -0.05) is 18.2 Å². The van der Waals surface area contributed by atoms with Crippen molar-refractivity contribution >= 4 is 38.2 Å². The molecule has 2 fully saturated rings. The van der Waals surface area contributed by atoms with Crippen molar-refractivity contribution in [2.45, 2.75) is 37.4 Å². The van der Waals surface area contributed by atoms with Gasteiger partial charge in [0.15, 0.2) is 0 Å². The third-order valence-corrected chi connectivity index (χ3v) is 6.54. The normalized spacial score (nSPS) is 23.1. The number of hydrogen-bond acceptors (Lipinski definition) is 5. The molecule has 2 amide bonds. The Morgan fingerprint density at radius 2 is 1.96 bits per heavy atom. The van der Waals surface area contributed by atoms with Gasteiger partial charge in [-0.15, -0.1) is 11.3 Å². The number of benzene rings is 1. The van der Waals surface area contributed by atoms with Crippen LogP contribution >= 0.6 is 11.3 Å². The second kappa shape index (κ2) is 7.00. The number of fused-ring (bicyclic) bond motifs is 3. The van der Waals surface area contributed by atoms with Gasteiger partial charge in [0.2, 0.25) is 0 Å². The molecule has 0 radical (unpaired) electrons. The van der Waals surface area contributed by atoms with Gasteiger partial charge in [-0.3, -0.25) is 14.6 Å². The summed E-state index contributed by atoms with van der Waals surface area (Å²) in [5.74, 6) is -0.286. The SMILES string of the molecule is O=C(Nc1cc2cnc(C(=O)N[C@@H]3C[C@H]4CC[C@@H]3N4)cc2s1)c1ccccc1. The molecule has 0 aliphatic carbocycles. The molecule has 3 N–H and O–H groups in total. The molecule has 5 rings (SSSR count). The number of nitrogens with zero attached hydrogens (tertiary/aromatic N) is 1. The van der Waals surface area contributed by atoms with Crippen molar-refractivity contribution in [3.05, 3.63) is 59.9 Å². The number of carbonyl (C=O) groups is 2. The summed E-state index contributed by atoms with van der Waals surface area (Å²) < 4.78 is 0.926. The van der Waals surface area contributed by atoms with E-state index in [1.807, 2.05) is 24.3 Å². The second-order valence-corrected chi connectivity index (χ2v) is 8.49. The van der Waals surface area contributed by atoms with E-state index in [9.17, 15) is 9.59 Å². The molecule has 2 aliphatic rings. The highest BCUT2D eigenvalue weighted by Gasteiger charge is 2.39. The number of anilines is 1. The largest absolute Gasteiger partial charge is 0.346 e. The van der Waals surface area contributed by atoms with Gasteiger partial charge in [-0.25, -0.2) is 0 Å². The van der Waals surface area contributed by atoms with Gasteiger partial charge < -0.3 is 16.0 Å². The van der Waals surface area contributed by atoms with Crippen LogP contribution in [0.4, 0.5) is 5.00 Å². The summed E-state index contributed by atoms with van der Waals surface area (Å²) >= 11 is 1.44. The van der Waals surface area contributed by atoms with E-state index in [0.717, 1.165) is 27.9 Å². The fraction of sp³-hybridized carbons (Fsp3) is 0.286. The first-order valence-corrected chi connectivity index (χ1v) is 10.3. The van der Waals surface area contributed by atoms with Crippen LogP contribution in [0.1, 0.15) is 40.1 Å². The molecule has 142 valence electrons. The maximum atomic E-state index is 12.6. The van der Waals surface area contributed by atoms with Crippen molar-refractivity contribution in [3.8, 4) is 0 Å². The molecule has 28 heavy (non-hydrogen) atoms. The average Bonchev–Trinajstić information content (AvgIpc) is 3.43. The van der Waals surface area contributed by atoms with E-state index in [4.69, 9.17) is 0 Å². The minimum Gasteiger partial charge on any atom is -0.346 e. The molecule has 3 atom stereocenters. The van der Waals surface area contributed by atoms with Gasteiger partial charge in [0, 0.05) is 40.0 Å². The van der Waals surface area contributed by atoms with Crippen molar-refractivity contribution in [3.63, 3.8) is 0 Å². The average molecular weight is 392 g/mol. The number of thiophene rings is 1. The molecule has 3 aromatic rings. The minimum absolute atomic E-state index is 0.135. The first kappa shape index (κ1) is 17.3. The Bertz CT molecular complexity index is 1050. The smallest absolute Gasteiger partial charge is 0.270 e. The number of pyridine rings is 1. The lowest BCUT2D eigenvalue weighted by Gasteiger charge is -2.21. The lowest BCUT2D eigenvalue weighted by molar-refractivity contribution is 0.0925. The molecular weight excluding hydrogens is 372 g/mol. The number of carbonyl (C=O) groups excluding carboxylic acids is 2. The second-order valence-electron chi connectivity index (χ2n) is 7.40. The van der Waals surface area contributed by atoms with Gasteiger partial charge in [0.25, 0.3) is 11.8 Å². The molecule has 1 aromatic carbocycles. The van der Waals surface area contributed by atoms with Gasteiger partial charge in [0.05, 0.1) is 5.00 Å². The van der Waals surface area contributed by atoms with Crippen LogP contribution in [-0.2, 0) is 0 Å². The highest BCUT2D eigenvalue weighted by Crippen LogP contribution is 2.31. The van der Waals surface area contributed by atoms with E-state index < -0.39 is 0 Å². The summed E-state index contributed by atoms with van der Waals surface area (Å²) in [7, 11) is 0. The molecule has 4 heterocycles. The third kappa shape index (κ3) is 3.27. The van der Waals surface area contributed by atoms with E-state index in [2.05, 4.69) is 20.9 Å². The van der Waals surface area contributed by atoms with Crippen LogP contribution in [0.25, 0.3) is 10.1 Å². The quantitative estimate of drug-likeness (QED) is 0.637. The third-order valence-electron chi connectivity index (χ3n) is 5.52. The highest BCUT2D eigenvalue weighted by molar-refractivity contribution is 7.23. The fourth-order valence-corrected chi connectivity index (χ4v) is 5.09. The maximum Gasteiger partial charge on any atom is 0.270 e. The van der Waals surface area contributed by atoms with Crippen LogP contribution in [0.15, 0.2) is 48.7 Å². The van der Waals surface area contributed by atoms with Crippen molar-refractivity contribution < 1.29 is 9.59 Å². The molecule has 6 nitrogen and oxygen atoms in total. The Morgan fingerprint density at radius 1 is 1.11 bits per heavy atom. The lowest BCUT2D eigenvalue weighted by atomic mass is 9.95. The number of nitrogens with one attached hydrogen (secondary N) is 3. The summed E-state index contributed by atoms with van der Waals surface area (Å²) in [4.78, 5) is 29.3. The van der Waals surface area contributed by atoms with Crippen molar-refractivity contribution in [2.24, 2.45) is 0 Å². The van der Waals surface area contributed by atoms with Gasteiger partial charge in [0.1, 0.15) is 5.69 Å². The first-order valence-electron chi connectivity index (χ1n) is 9.48. The highest BCUT2D eigenvalue weighted by atomic mass is 32.1. The summed E-state index contributed by atoms with van der Waals surface area (Å²) in [5, 5.41) is 11.2. The first-order chi connectivity index (χ1) is 13.7. The predicted octanol–water partition coefficient (Wildman–Crippen LogP) is 3.17. The Labute approximate surface area is 166 Å². The van der Waals surface area contributed by atoms with Crippen molar-refractivity contribution in [1.82, 2.24) is 15.6 Å². The topological polar surface area (TPSA) is 83.1 Å². The van der Waals surface area contributed by atoms with Crippen molar-refractivity contribution in [1.29, 1.82) is 0 Å². The maximum absolute atomic E-state index is 12.6. The van der Waals surface area contributed by atoms with Crippen LogP contribution in [0.3, 0.4) is 0 Å². The van der Waals surface area contributed by atoms with E-state index >= 15 is 0 Å². The molecule has 0 unspecified atom stereocenters. The summed E-state index contributed by atoms with van der Waals surface area (Å²) in [5.41, 5.74) is 1.02. The predicted molar refractivity (Wildman–Crippen MR) is 110 cm³/mol. The Kier molecular flexibility index (Phi) is 4.33. The van der Waals surface area contributed by atoms with E-state index in [-0.39, 0.29) is 17.9 Å². The number of amides is 2. The van der Waals surface area contributed by atoms with E-state index in [0.29, 0.717) is 23.3 Å². The zero-order valence-corrected chi connectivity index (χ0v) is 16.0. The molecular formula is C21H20N4O2S. The molecule has 2 aliphatic heterocycles. The van der Waals surface area contributed by atoms with Crippen LogP contribution in [0.2, 0.25) is 0 Å². The van der Waals surface area contributed by atoms with Crippen molar-refractivity contribution in [2.75, 3.05) is 5.32 Å². The van der Waals surface area contributed by atoms with E-state index in [1.54, 1.807) is 24.4 Å². The minimum atomic E-state index is -0.151. The zero-order valence-electron chi connectivity index (χ0n) is 15.1. The summed E-state index contributed by atoms with van der Waals surface area (Å²) in [6.07, 6.45) is 5.01. The Morgan fingerprint density at radius 3 is 2.71 bits per heavy atom. The standard InChI is InChI=1S/C21H20N4O2S/c26-20(12-4-2-1-3-5-12)25-19-8-13-11-22-17(10-18(13)28-19)21(27)24-16-9-14-6-7-15(16)23-14/h1-5,8,10-11,14-16,23H,6-7,9H2,(H,24,27)(H,25,26)/t14-,15+,16-/m1/s1. The van der Waals surface area contributed by atoms with Crippen LogP contribution < -0.4 is 16.0 Å². The number of rotatable bonds is 4. The molecule has 2 aromatic heterocycles. The summed E-state index contributed by atoms with van der Waals surface area (Å²) in [6, 6.07) is 13.9.